The topological polar surface area (TPSA) is 91.3 Å². The Hall–Kier alpha value is -2.12. The number of nitrogens with one attached hydrogen (secondary N) is 2. The van der Waals surface area contributed by atoms with Gasteiger partial charge >= 0.3 is 0 Å². The number of rotatable bonds is 7. The van der Waals surface area contributed by atoms with Crippen molar-refractivity contribution in [1.82, 2.24) is 9.71 Å². The molecule has 0 saturated heterocycles. The van der Waals surface area contributed by atoms with Gasteiger partial charge < -0.3 is 10.4 Å². The van der Waals surface area contributed by atoms with Crippen LogP contribution in [0.4, 0.5) is 5.82 Å². The van der Waals surface area contributed by atoms with E-state index in [1.165, 1.54) is 24.3 Å². The van der Waals surface area contributed by atoms with Crippen LogP contribution < -0.4 is 10.0 Å². The first-order chi connectivity index (χ1) is 10.9. The molecule has 0 atom stereocenters. The highest BCUT2D eigenvalue weighted by Crippen LogP contribution is 2.15. The molecule has 6 nitrogen and oxygen atoms in total. The van der Waals surface area contributed by atoms with Gasteiger partial charge in [-0.05, 0) is 49.7 Å². The van der Waals surface area contributed by atoms with E-state index in [4.69, 9.17) is 0 Å². The average Bonchev–Trinajstić information content (AvgIpc) is 2.51. The lowest BCUT2D eigenvalue weighted by atomic mass is 10.2. The number of pyridine rings is 1. The maximum Gasteiger partial charge on any atom is 0.240 e. The van der Waals surface area contributed by atoms with E-state index in [0.717, 1.165) is 23.6 Å². The molecule has 7 heteroatoms. The molecule has 1 aromatic carbocycles. The quantitative estimate of drug-likeness (QED) is 0.720. The van der Waals surface area contributed by atoms with Crippen molar-refractivity contribution in [3.8, 4) is 5.75 Å². The van der Waals surface area contributed by atoms with Crippen LogP contribution in [-0.2, 0) is 16.4 Å². The molecule has 0 bridgehead atoms. The van der Waals surface area contributed by atoms with Crippen molar-refractivity contribution in [3.05, 3.63) is 47.7 Å². The van der Waals surface area contributed by atoms with Crippen LogP contribution in [0, 0.1) is 6.92 Å². The Bertz CT molecular complexity index is 759. The van der Waals surface area contributed by atoms with Crippen LogP contribution in [0.15, 0.2) is 41.3 Å². The van der Waals surface area contributed by atoms with Crippen molar-refractivity contribution in [1.29, 1.82) is 0 Å². The van der Waals surface area contributed by atoms with Gasteiger partial charge in [-0.1, -0.05) is 6.07 Å². The molecule has 0 aliphatic heterocycles. The number of aromatic nitrogens is 1. The third-order valence-electron chi connectivity index (χ3n) is 3.32. The first-order valence-corrected chi connectivity index (χ1v) is 8.90. The number of hydrogen-bond acceptors (Lipinski definition) is 5. The van der Waals surface area contributed by atoms with Crippen LogP contribution in [-0.4, -0.2) is 31.6 Å². The van der Waals surface area contributed by atoms with Crippen molar-refractivity contribution in [3.63, 3.8) is 0 Å². The second-order valence-electron chi connectivity index (χ2n) is 5.14. The summed E-state index contributed by atoms with van der Waals surface area (Å²) < 4.78 is 26.8. The summed E-state index contributed by atoms with van der Waals surface area (Å²) in [4.78, 5) is 4.61. The lowest BCUT2D eigenvalue weighted by molar-refractivity contribution is 0.474. The predicted octanol–water partition coefficient (Wildman–Crippen LogP) is 2.05. The predicted molar refractivity (Wildman–Crippen MR) is 90.1 cm³/mol. The molecule has 3 N–H and O–H groups in total. The molecule has 0 aliphatic carbocycles. The normalized spacial score (nSPS) is 11.4. The molecule has 124 valence electrons. The average molecular weight is 335 g/mol. The number of aromatic hydroxyl groups is 1. The van der Waals surface area contributed by atoms with E-state index >= 15 is 0 Å². The Morgan fingerprint density at radius 1 is 1.13 bits per heavy atom. The molecule has 0 spiro atoms. The van der Waals surface area contributed by atoms with Gasteiger partial charge in [0.25, 0.3) is 0 Å². The summed E-state index contributed by atoms with van der Waals surface area (Å²) in [5, 5.41) is 12.4. The highest BCUT2D eigenvalue weighted by atomic mass is 32.2. The van der Waals surface area contributed by atoms with Crippen LogP contribution in [0.1, 0.15) is 18.2 Å². The number of hydrogen-bond donors (Lipinski definition) is 3. The number of aryl methyl sites for hydroxylation is 1. The number of phenolic OH excluding ortho intramolecular Hbond substituents is 1. The van der Waals surface area contributed by atoms with Gasteiger partial charge in [0.05, 0.1) is 4.90 Å². The summed E-state index contributed by atoms with van der Waals surface area (Å²) in [6, 6.07) is 9.29. The molecule has 1 heterocycles. The number of sulfonamides is 1. The fraction of sp³-hybridized carbons (Fsp3) is 0.312. The smallest absolute Gasteiger partial charge is 0.240 e. The fourth-order valence-corrected chi connectivity index (χ4v) is 3.11. The maximum absolute atomic E-state index is 12.1. The summed E-state index contributed by atoms with van der Waals surface area (Å²) in [5.74, 6) is 0.857. The molecule has 0 amide bonds. The van der Waals surface area contributed by atoms with Gasteiger partial charge in [0.15, 0.2) is 0 Å². The molecule has 1 aromatic heterocycles. The van der Waals surface area contributed by atoms with Crippen LogP contribution in [0.25, 0.3) is 0 Å². The molecule has 0 radical (unpaired) electrons. The van der Waals surface area contributed by atoms with Crippen LogP contribution in [0.5, 0.6) is 5.75 Å². The van der Waals surface area contributed by atoms with Gasteiger partial charge in [0, 0.05) is 25.2 Å². The van der Waals surface area contributed by atoms with Crippen LogP contribution in [0.3, 0.4) is 0 Å². The summed E-state index contributed by atoms with van der Waals surface area (Å²) >= 11 is 0. The molecule has 2 aromatic rings. The monoisotopic (exact) mass is 335 g/mol. The van der Waals surface area contributed by atoms with Gasteiger partial charge in [0.1, 0.15) is 11.6 Å². The minimum Gasteiger partial charge on any atom is -0.508 e. The summed E-state index contributed by atoms with van der Waals surface area (Å²) in [7, 11) is -3.58. The Labute approximate surface area is 136 Å². The Balaban J connectivity index is 1.99. The van der Waals surface area contributed by atoms with E-state index in [1.54, 1.807) is 0 Å². The van der Waals surface area contributed by atoms with E-state index in [2.05, 4.69) is 15.0 Å². The zero-order chi connectivity index (χ0) is 16.9. The molecule has 0 saturated carbocycles. The first-order valence-electron chi connectivity index (χ1n) is 7.41. The van der Waals surface area contributed by atoms with Crippen molar-refractivity contribution < 1.29 is 13.5 Å². The van der Waals surface area contributed by atoms with Crippen molar-refractivity contribution >= 4 is 15.8 Å². The molecule has 23 heavy (non-hydrogen) atoms. The lowest BCUT2D eigenvalue weighted by Crippen LogP contribution is -2.26. The van der Waals surface area contributed by atoms with Gasteiger partial charge in [-0.25, -0.2) is 18.1 Å². The lowest BCUT2D eigenvalue weighted by Gasteiger charge is -2.10. The third-order valence-corrected chi connectivity index (χ3v) is 4.80. The summed E-state index contributed by atoms with van der Waals surface area (Å²) in [6.45, 7) is 5.01. The Kier molecular flexibility index (Phi) is 5.57. The molecule has 0 fully saturated rings. The SMILES string of the molecule is CCNc1nc(CCNS(=O)(=O)c2ccc(O)cc2)ccc1C. The van der Waals surface area contributed by atoms with Crippen molar-refractivity contribution in [2.75, 3.05) is 18.4 Å². The largest absolute Gasteiger partial charge is 0.508 e. The number of anilines is 1. The first kappa shape index (κ1) is 17.2. The molecule has 2 rings (SSSR count). The van der Waals surface area contributed by atoms with E-state index < -0.39 is 10.0 Å². The minimum atomic E-state index is -3.58. The van der Waals surface area contributed by atoms with Gasteiger partial charge in [-0.2, -0.15) is 0 Å². The summed E-state index contributed by atoms with van der Waals surface area (Å²) in [5.41, 5.74) is 1.88. The highest BCUT2D eigenvalue weighted by molar-refractivity contribution is 7.89. The zero-order valence-corrected chi connectivity index (χ0v) is 14.0. The zero-order valence-electron chi connectivity index (χ0n) is 13.2. The molecule has 0 aliphatic rings. The third kappa shape index (κ3) is 4.67. The van der Waals surface area contributed by atoms with E-state index in [0.29, 0.717) is 6.42 Å². The molecular weight excluding hydrogens is 314 g/mol. The number of phenols is 1. The van der Waals surface area contributed by atoms with Crippen molar-refractivity contribution in [2.24, 2.45) is 0 Å². The standard InChI is InChI=1S/C16H21N3O3S/c1-3-17-16-12(2)4-5-13(19-16)10-11-18-23(21,22)15-8-6-14(20)7-9-15/h4-9,18,20H,3,10-11H2,1-2H3,(H,17,19). The molecular formula is C16H21N3O3S. The Morgan fingerprint density at radius 3 is 2.48 bits per heavy atom. The Morgan fingerprint density at radius 2 is 1.83 bits per heavy atom. The maximum atomic E-state index is 12.1. The highest BCUT2D eigenvalue weighted by Gasteiger charge is 2.13. The van der Waals surface area contributed by atoms with Gasteiger partial charge in [-0.3, -0.25) is 0 Å². The minimum absolute atomic E-state index is 0.0313. The van der Waals surface area contributed by atoms with Gasteiger partial charge in [-0.15, -0.1) is 0 Å². The fourth-order valence-electron chi connectivity index (χ4n) is 2.08. The second-order valence-corrected chi connectivity index (χ2v) is 6.91. The van der Waals surface area contributed by atoms with E-state index in [9.17, 15) is 13.5 Å². The number of benzene rings is 1. The summed E-state index contributed by atoms with van der Waals surface area (Å²) in [6.07, 6.45) is 0.496. The van der Waals surface area contributed by atoms with E-state index in [1.807, 2.05) is 26.0 Å². The number of nitrogens with zero attached hydrogens (tertiary/aromatic N) is 1. The van der Waals surface area contributed by atoms with E-state index in [-0.39, 0.29) is 17.2 Å². The second kappa shape index (κ2) is 7.43. The van der Waals surface area contributed by atoms with Crippen molar-refractivity contribution in [2.45, 2.75) is 25.2 Å². The van der Waals surface area contributed by atoms with Crippen LogP contribution >= 0.6 is 0 Å². The van der Waals surface area contributed by atoms with Gasteiger partial charge in [0.2, 0.25) is 10.0 Å². The molecule has 0 unspecified atom stereocenters. The van der Waals surface area contributed by atoms with Crippen LogP contribution in [0.2, 0.25) is 0 Å².